The Morgan fingerprint density at radius 3 is 2.04 bits per heavy atom. The molecule has 1 heterocycles. The van der Waals surface area contributed by atoms with Crippen LogP contribution in [0.4, 0.5) is 0 Å². The zero-order valence-corrected chi connectivity index (χ0v) is 17.3. The van der Waals surface area contributed by atoms with E-state index in [9.17, 15) is 13.2 Å². The van der Waals surface area contributed by atoms with Gasteiger partial charge in [-0.2, -0.15) is 4.31 Å². The zero-order valence-electron chi connectivity index (χ0n) is 16.5. The van der Waals surface area contributed by atoms with Crippen molar-refractivity contribution in [2.45, 2.75) is 24.2 Å². The van der Waals surface area contributed by atoms with Crippen molar-refractivity contribution in [3.63, 3.8) is 0 Å². The molecule has 0 saturated carbocycles. The number of benzene rings is 2. The van der Waals surface area contributed by atoms with Gasteiger partial charge in [-0.25, -0.2) is 8.42 Å². The van der Waals surface area contributed by atoms with Gasteiger partial charge in [0.05, 0.1) is 17.4 Å². The third-order valence-corrected chi connectivity index (χ3v) is 7.17. The molecule has 7 heteroatoms. The molecule has 2 aromatic carbocycles. The molecule has 0 aromatic heterocycles. The molecule has 0 bridgehead atoms. The van der Waals surface area contributed by atoms with Gasteiger partial charge in [0.2, 0.25) is 15.9 Å². The van der Waals surface area contributed by atoms with Crippen LogP contribution in [0.2, 0.25) is 0 Å². The Morgan fingerprint density at radius 2 is 1.50 bits per heavy atom. The summed E-state index contributed by atoms with van der Waals surface area (Å²) in [6.07, 6.45) is 0. The summed E-state index contributed by atoms with van der Waals surface area (Å²) in [4.78, 5) is 15.1. The number of carbonyl (C=O) groups is 1. The van der Waals surface area contributed by atoms with E-state index in [1.807, 2.05) is 44.2 Å². The highest BCUT2D eigenvalue weighted by Crippen LogP contribution is 2.27. The fraction of sp³-hybridized carbons (Fsp3) is 0.381. The molecule has 3 rings (SSSR count). The van der Waals surface area contributed by atoms with Gasteiger partial charge in [0.15, 0.2) is 0 Å². The van der Waals surface area contributed by atoms with Crippen molar-refractivity contribution in [3.05, 3.63) is 60.2 Å². The van der Waals surface area contributed by atoms with Crippen molar-refractivity contribution < 1.29 is 17.9 Å². The summed E-state index contributed by atoms with van der Waals surface area (Å²) in [6.45, 7) is 5.14. The molecule has 0 aliphatic carbocycles. The molecule has 0 spiro atoms. The van der Waals surface area contributed by atoms with Crippen LogP contribution in [0, 0.1) is 0 Å². The molecule has 1 saturated heterocycles. The normalized spacial score (nSPS) is 16.0. The summed E-state index contributed by atoms with van der Waals surface area (Å²) in [5, 5.41) is 0. The molecule has 1 aliphatic rings. The summed E-state index contributed by atoms with van der Waals surface area (Å²) in [6, 6.07) is 16.0. The predicted molar refractivity (Wildman–Crippen MR) is 108 cm³/mol. The van der Waals surface area contributed by atoms with Crippen molar-refractivity contribution in [2.75, 3.05) is 33.3 Å². The molecule has 1 aliphatic heterocycles. The predicted octanol–water partition coefficient (Wildman–Crippen LogP) is 2.51. The summed E-state index contributed by atoms with van der Waals surface area (Å²) < 4.78 is 32.2. The molecule has 0 unspecified atom stereocenters. The molecule has 150 valence electrons. The van der Waals surface area contributed by atoms with E-state index in [2.05, 4.69) is 0 Å². The molecule has 2 aromatic rings. The second-order valence-electron chi connectivity index (χ2n) is 7.36. The highest BCUT2D eigenvalue weighted by molar-refractivity contribution is 7.89. The van der Waals surface area contributed by atoms with Crippen LogP contribution in [0.15, 0.2) is 59.5 Å². The summed E-state index contributed by atoms with van der Waals surface area (Å²) in [5.74, 6) is 0.623. The second-order valence-corrected chi connectivity index (χ2v) is 9.30. The van der Waals surface area contributed by atoms with Crippen LogP contribution in [-0.4, -0.2) is 56.8 Å². The van der Waals surface area contributed by atoms with Gasteiger partial charge in [-0.15, -0.1) is 0 Å². The van der Waals surface area contributed by atoms with Crippen LogP contribution < -0.4 is 4.74 Å². The topological polar surface area (TPSA) is 66.9 Å². The number of rotatable bonds is 5. The quantitative estimate of drug-likeness (QED) is 0.771. The van der Waals surface area contributed by atoms with Crippen molar-refractivity contribution in [1.29, 1.82) is 0 Å². The Morgan fingerprint density at radius 1 is 0.929 bits per heavy atom. The first kappa shape index (κ1) is 20.4. The minimum absolute atomic E-state index is 0.0141. The Bertz CT molecular complexity index is 917. The van der Waals surface area contributed by atoms with Gasteiger partial charge >= 0.3 is 0 Å². The van der Waals surface area contributed by atoms with E-state index >= 15 is 0 Å². The van der Waals surface area contributed by atoms with Gasteiger partial charge in [-0.3, -0.25) is 4.79 Å². The van der Waals surface area contributed by atoms with Crippen LogP contribution >= 0.6 is 0 Å². The molecule has 0 radical (unpaired) electrons. The second kappa shape index (κ2) is 7.93. The molecule has 1 fully saturated rings. The number of sulfonamides is 1. The minimum atomic E-state index is -3.58. The lowest BCUT2D eigenvalue weighted by Crippen LogP contribution is -2.54. The fourth-order valence-corrected chi connectivity index (χ4v) is 4.82. The number of hydrogen-bond donors (Lipinski definition) is 0. The molecule has 0 N–H and O–H groups in total. The van der Waals surface area contributed by atoms with Gasteiger partial charge in [0.1, 0.15) is 5.75 Å². The lowest BCUT2D eigenvalue weighted by Gasteiger charge is -2.38. The lowest BCUT2D eigenvalue weighted by atomic mass is 9.83. The summed E-state index contributed by atoms with van der Waals surface area (Å²) >= 11 is 0. The maximum Gasteiger partial charge on any atom is 0.243 e. The molecule has 6 nitrogen and oxygen atoms in total. The number of methoxy groups -OCH3 is 1. The molecule has 0 atom stereocenters. The smallest absolute Gasteiger partial charge is 0.243 e. The number of ether oxygens (including phenoxy) is 1. The molecular weight excluding hydrogens is 376 g/mol. The number of nitrogens with zero attached hydrogens (tertiary/aromatic N) is 2. The van der Waals surface area contributed by atoms with Crippen LogP contribution in [0.1, 0.15) is 19.4 Å². The van der Waals surface area contributed by atoms with Gasteiger partial charge < -0.3 is 9.64 Å². The molecule has 1 amide bonds. The molecule has 28 heavy (non-hydrogen) atoms. The molecular formula is C21H26N2O4S. The van der Waals surface area contributed by atoms with Crippen molar-refractivity contribution in [3.8, 4) is 5.75 Å². The van der Waals surface area contributed by atoms with E-state index in [-0.39, 0.29) is 23.9 Å². The minimum Gasteiger partial charge on any atom is -0.497 e. The summed E-state index contributed by atoms with van der Waals surface area (Å²) in [7, 11) is -2.05. The number of amides is 1. The summed E-state index contributed by atoms with van der Waals surface area (Å²) in [5.41, 5.74) is 0.298. The van der Waals surface area contributed by atoms with E-state index in [1.165, 1.54) is 11.4 Å². The van der Waals surface area contributed by atoms with Crippen molar-refractivity contribution in [1.82, 2.24) is 9.21 Å². The first-order valence-corrected chi connectivity index (χ1v) is 10.7. The van der Waals surface area contributed by atoms with Crippen LogP contribution in [0.3, 0.4) is 0 Å². The average Bonchev–Trinajstić information content (AvgIpc) is 2.74. The standard InChI is InChI=1S/C21H26N2O4S/c1-21(2,17-7-5-4-6-8-17)20(24)22-13-15-23(16-14-22)28(25,26)19-11-9-18(27-3)10-12-19/h4-12H,13-16H2,1-3H3. The highest BCUT2D eigenvalue weighted by Gasteiger charge is 2.37. The van der Waals surface area contributed by atoms with E-state index in [4.69, 9.17) is 4.74 Å². The third kappa shape index (κ3) is 3.91. The Labute approximate surface area is 166 Å². The Balaban J connectivity index is 1.69. The fourth-order valence-electron chi connectivity index (χ4n) is 3.40. The van der Waals surface area contributed by atoms with Crippen LogP contribution in [-0.2, 0) is 20.2 Å². The average molecular weight is 403 g/mol. The number of hydrogen-bond acceptors (Lipinski definition) is 4. The van der Waals surface area contributed by atoms with Gasteiger partial charge in [0.25, 0.3) is 0 Å². The number of piperazine rings is 1. The Kier molecular flexibility index (Phi) is 5.76. The van der Waals surface area contributed by atoms with Crippen molar-refractivity contribution >= 4 is 15.9 Å². The maximum absolute atomic E-state index is 13.1. The van der Waals surface area contributed by atoms with Gasteiger partial charge in [0, 0.05) is 26.2 Å². The largest absolute Gasteiger partial charge is 0.497 e. The lowest BCUT2D eigenvalue weighted by molar-refractivity contribution is -0.137. The van der Waals surface area contributed by atoms with Gasteiger partial charge in [-0.05, 0) is 43.7 Å². The van der Waals surface area contributed by atoms with Gasteiger partial charge in [-0.1, -0.05) is 30.3 Å². The maximum atomic E-state index is 13.1. The third-order valence-electron chi connectivity index (χ3n) is 5.25. The van der Waals surface area contributed by atoms with Crippen LogP contribution in [0.25, 0.3) is 0 Å². The van der Waals surface area contributed by atoms with E-state index in [0.717, 1.165) is 5.56 Å². The first-order valence-electron chi connectivity index (χ1n) is 9.26. The van der Waals surface area contributed by atoms with E-state index < -0.39 is 15.4 Å². The monoisotopic (exact) mass is 402 g/mol. The van der Waals surface area contributed by atoms with Crippen molar-refractivity contribution in [2.24, 2.45) is 0 Å². The highest BCUT2D eigenvalue weighted by atomic mass is 32.2. The first-order chi connectivity index (χ1) is 13.3. The van der Waals surface area contributed by atoms with E-state index in [0.29, 0.717) is 18.8 Å². The Hall–Kier alpha value is -2.38. The SMILES string of the molecule is COc1ccc(S(=O)(=O)N2CCN(C(=O)C(C)(C)c3ccccc3)CC2)cc1. The van der Waals surface area contributed by atoms with Crippen LogP contribution in [0.5, 0.6) is 5.75 Å². The van der Waals surface area contributed by atoms with E-state index in [1.54, 1.807) is 29.2 Å². The zero-order chi connectivity index (χ0) is 20.4. The number of carbonyl (C=O) groups excluding carboxylic acids is 1.